The number of benzene rings is 3. The molecule has 0 radical (unpaired) electrons. The van der Waals surface area contributed by atoms with E-state index in [2.05, 4.69) is 0 Å². The van der Waals surface area contributed by atoms with Crippen LogP contribution in [0.25, 0.3) is 0 Å². The summed E-state index contributed by atoms with van der Waals surface area (Å²) in [5.74, 6) is 1.26. The van der Waals surface area contributed by atoms with Gasteiger partial charge in [-0.05, 0) is 105 Å². The number of nitrogens with zero attached hydrogens (tertiary/aromatic N) is 1. The van der Waals surface area contributed by atoms with Crippen LogP contribution in [0, 0.1) is 0 Å². The van der Waals surface area contributed by atoms with Crippen molar-refractivity contribution >= 4 is 17.8 Å². The first-order valence-corrected chi connectivity index (χ1v) is 18.0. The zero-order chi connectivity index (χ0) is 38.5. The van der Waals surface area contributed by atoms with E-state index >= 15 is 0 Å². The third kappa shape index (κ3) is 10.5. The van der Waals surface area contributed by atoms with E-state index in [9.17, 15) is 14.4 Å². The van der Waals surface area contributed by atoms with Crippen LogP contribution >= 0.6 is 0 Å². The van der Waals surface area contributed by atoms with Crippen LogP contribution in [0.3, 0.4) is 0 Å². The molecule has 0 aromatic heterocycles. The van der Waals surface area contributed by atoms with E-state index in [1.807, 2.05) is 31.2 Å². The average molecular weight is 736 g/mol. The predicted molar refractivity (Wildman–Crippen MR) is 198 cm³/mol. The molecule has 0 saturated carbocycles. The molecule has 3 aromatic carbocycles. The molecule has 0 N–H and O–H groups in total. The third-order valence-electron chi connectivity index (χ3n) is 9.21. The minimum atomic E-state index is -0.777. The smallest absolute Gasteiger partial charge is 0.344 e. The van der Waals surface area contributed by atoms with Gasteiger partial charge in [0, 0.05) is 6.54 Å². The number of amides is 1. The second-order valence-electron chi connectivity index (χ2n) is 13.0. The molecule has 1 heterocycles. The summed E-state index contributed by atoms with van der Waals surface area (Å²) in [7, 11) is 7.75. The summed E-state index contributed by atoms with van der Waals surface area (Å²) in [6.07, 6.45) is 2.50. The van der Waals surface area contributed by atoms with E-state index in [1.54, 1.807) is 63.3 Å². The first-order chi connectivity index (χ1) is 25.6. The van der Waals surface area contributed by atoms with Gasteiger partial charge in [-0.1, -0.05) is 25.1 Å². The number of ether oxygens (including phenoxy) is 8. The van der Waals surface area contributed by atoms with Gasteiger partial charge >= 0.3 is 11.9 Å². The fraction of sp³-hybridized carbons (Fsp3) is 0.488. The van der Waals surface area contributed by atoms with Crippen molar-refractivity contribution in [1.82, 2.24) is 4.90 Å². The summed E-state index contributed by atoms with van der Waals surface area (Å²) < 4.78 is 44.8. The molecule has 1 amide bonds. The van der Waals surface area contributed by atoms with Crippen molar-refractivity contribution in [2.75, 3.05) is 48.7 Å². The monoisotopic (exact) mass is 735 g/mol. The summed E-state index contributed by atoms with van der Waals surface area (Å²) in [6, 6.07) is 15.6. The number of aryl methyl sites for hydroxylation is 1. The number of carbonyl (C=O) groups excluding carboxylic acids is 3. The van der Waals surface area contributed by atoms with E-state index in [4.69, 9.17) is 37.9 Å². The molecule has 0 unspecified atom stereocenters. The lowest BCUT2D eigenvalue weighted by molar-refractivity contribution is -0.162. The Balaban J connectivity index is 1.61. The summed E-state index contributed by atoms with van der Waals surface area (Å²) >= 11 is 0. The van der Waals surface area contributed by atoms with E-state index < -0.39 is 30.0 Å². The highest BCUT2D eigenvalue weighted by atomic mass is 16.6. The second-order valence-corrected chi connectivity index (χ2v) is 13.0. The molecule has 288 valence electrons. The van der Waals surface area contributed by atoms with Crippen molar-refractivity contribution in [3.63, 3.8) is 0 Å². The Hall–Kier alpha value is -5.13. The highest BCUT2D eigenvalue weighted by Crippen LogP contribution is 2.41. The fourth-order valence-electron chi connectivity index (χ4n) is 6.59. The molecule has 3 aromatic rings. The van der Waals surface area contributed by atoms with Crippen LogP contribution in [0.15, 0.2) is 54.6 Å². The maximum atomic E-state index is 14.3. The molecule has 12 nitrogen and oxygen atoms in total. The minimum Gasteiger partial charge on any atom is -0.493 e. The summed E-state index contributed by atoms with van der Waals surface area (Å²) in [4.78, 5) is 42.4. The van der Waals surface area contributed by atoms with Gasteiger partial charge in [-0.3, -0.25) is 4.79 Å². The van der Waals surface area contributed by atoms with Crippen molar-refractivity contribution in [1.29, 1.82) is 0 Å². The van der Waals surface area contributed by atoms with Crippen molar-refractivity contribution in [2.24, 2.45) is 0 Å². The van der Waals surface area contributed by atoms with E-state index in [1.165, 1.54) is 21.3 Å². The largest absolute Gasteiger partial charge is 0.493 e. The van der Waals surface area contributed by atoms with Gasteiger partial charge in [0.05, 0.1) is 47.6 Å². The van der Waals surface area contributed by atoms with Crippen LogP contribution in [0.5, 0.6) is 34.5 Å². The number of hydrogen-bond acceptors (Lipinski definition) is 11. The molecule has 53 heavy (non-hydrogen) atoms. The molecule has 1 aliphatic rings. The molecule has 0 bridgehead atoms. The molecular weight excluding hydrogens is 682 g/mol. The second kappa shape index (κ2) is 19.6. The average Bonchev–Trinajstić information content (AvgIpc) is 3.17. The van der Waals surface area contributed by atoms with E-state index in [0.29, 0.717) is 77.9 Å². The van der Waals surface area contributed by atoms with Crippen molar-refractivity contribution < 1.29 is 52.3 Å². The van der Waals surface area contributed by atoms with Gasteiger partial charge in [0.1, 0.15) is 17.9 Å². The lowest BCUT2D eigenvalue weighted by Gasteiger charge is -2.37. The van der Waals surface area contributed by atoms with Gasteiger partial charge in [0.15, 0.2) is 29.6 Å². The predicted octanol–water partition coefficient (Wildman–Crippen LogP) is 6.85. The lowest BCUT2D eigenvalue weighted by atomic mass is 9.91. The van der Waals surface area contributed by atoms with Crippen LogP contribution in [0.4, 0.5) is 0 Å². The SMILES string of the molecule is CC[C@H](C(=O)N1CCCC[C@H]1C(=O)O[C@H](CCc1ccc(OC)c(OC)c1)c1cccc(OCC(=O)OC(C)C)c1)c1cc(OC)c(OC)c(OC)c1. The van der Waals surface area contributed by atoms with Crippen molar-refractivity contribution in [3.8, 4) is 34.5 Å². The quantitative estimate of drug-likeness (QED) is 0.127. The van der Waals surface area contributed by atoms with Gasteiger partial charge in [0.2, 0.25) is 11.7 Å². The van der Waals surface area contributed by atoms with E-state index in [0.717, 1.165) is 18.4 Å². The van der Waals surface area contributed by atoms with Gasteiger partial charge in [-0.15, -0.1) is 0 Å². The zero-order valence-electron chi connectivity index (χ0n) is 32.1. The van der Waals surface area contributed by atoms with Crippen molar-refractivity contribution in [2.45, 2.75) is 83.5 Å². The first kappa shape index (κ1) is 40.6. The molecule has 4 rings (SSSR count). The number of carbonyl (C=O) groups is 3. The molecule has 0 spiro atoms. The Morgan fingerprint density at radius 3 is 2.09 bits per heavy atom. The number of likely N-dealkylation sites (tertiary alicyclic amines) is 1. The highest BCUT2D eigenvalue weighted by molar-refractivity contribution is 5.89. The Bertz CT molecular complexity index is 1670. The number of esters is 2. The highest BCUT2D eigenvalue weighted by Gasteiger charge is 2.38. The molecule has 12 heteroatoms. The van der Waals surface area contributed by atoms with Crippen LogP contribution < -0.4 is 28.4 Å². The van der Waals surface area contributed by atoms with Gasteiger partial charge in [-0.25, -0.2) is 9.59 Å². The van der Waals surface area contributed by atoms with Crippen LogP contribution in [0.2, 0.25) is 0 Å². The molecular formula is C41H53NO11. The van der Waals surface area contributed by atoms with E-state index in [-0.39, 0.29) is 18.6 Å². The fourth-order valence-corrected chi connectivity index (χ4v) is 6.59. The first-order valence-electron chi connectivity index (χ1n) is 18.0. The van der Waals surface area contributed by atoms with Gasteiger partial charge in [-0.2, -0.15) is 0 Å². The van der Waals surface area contributed by atoms with Crippen LogP contribution in [-0.4, -0.2) is 83.6 Å². The maximum Gasteiger partial charge on any atom is 0.344 e. The minimum absolute atomic E-state index is 0.172. The lowest BCUT2D eigenvalue weighted by Crippen LogP contribution is -2.50. The topological polar surface area (TPSA) is 128 Å². The summed E-state index contributed by atoms with van der Waals surface area (Å²) in [5, 5.41) is 0. The Labute approximate surface area is 312 Å². The maximum absolute atomic E-state index is 14.3. The molecule has 1 saturated heterocycles. The van der Waals surface area contributed by atoms with Gasteiger partial charge in [0.25, 0.3) is 0 Å². The number of hydrogen-bond donors (Lipinski definition) is 0. The number of rotatable bonds is 18. The Kier molecular flexibility index (Phi) is 15.1. The van der Waals surface area contributed by atoms with Crippen LogP contribution in [-0.2, 0) is 30.3 Å². The molecule has 1 aliphatic heterocycles. The standard InChI is InChI=1S/C41H53NO11/c1-9-31(29-23-36(48-6)39(50-8)37(24-29)49-7)40(44)42-20-11-10-15-32(42)41(45)53-33(18-16-27-17-19-34(46-4)35(21-27)47-5)28-13-12-14-30(22-28)51-25-38(43)52-26(2)3/h12-14,17,19,21-24,26,31-33H,9-11,15-16,18,20,25H2,1-8H3/t31-,32-,33+/m0/s1. The number of piperidine rings is 1. The number of methoxy groups -OCH3 is 5. The Morgan fingerprint density at radius 1 is 0.774 bits per heavy atom. The molecule has 1 fully saturated rings. The van der Waals surface area contributed by atoms with Gasteiger partial charge < -0.3 is 42.8 Å². The third-order valence-corrected chi connectivity index (χ3v) is 9.21. The summed E-state index contributed by atoms with van der Waals surface area (Å²) in [5.41, 5.74) is 2.34. The zero-order valence-corrected chi connectivity index (χ0v) is 32.1. The Morgan fingerprint density at radius 2 is 1.47 bits per heavy atom. The molecule has 3 atom stereocenters. The summed E-state index contributed by atoms with van der Waals surface area (Å²) in [6.45, 7) is 5.64. The van der Waals surface area contributed by atoms with Crippen LogP contribution in [0.1, 0.15) is 81.6 Å². The van der Waals surface area contributed by atoms with Crippen molar-refractivity contribution in [3.05, 3.63) is 71.3 Å². The normalized spacial score (nSPS) is 15.2. The molecule has 0 aliphatic carbocycles.